The molecule has 0 spiro atoms. The monoisotopic (exact) mass is 366 g/mol. The topological polar surface area (TPSA) is 44.0 Å². The molecule has 3 heterocycles. The van der Waals surface area contributed by atoms with Crippen molar-refractivity contribution in [2.75, 3.05) is 4.90 Å². The number of benzene rings is 1. The first-order valence-electron chi connectivity index (χ1n) is 8.47. The highest BCUT2D eigenvalue weighted by atomic mass is 32.1. The molecule has 132 valence electrons. The number of nitrogens with one attached hydrogen (secondary N) is 2. The number of thiocarbonyl (C=S) groups is 1. The average molecular weight is 366 g/mol. The molecule has 1 saturated heterocycles. The molecule has 3 aromatic rings. The highest BCUT2D eigenvalue weighted by Gasteiger charge is 2.41. The third-order valence-electron chi connectivity index (χ3n) is 4.71. The minimum atomic E-state index is -0.265. The van der Waals surface area contributed by atoms with Crippen molar-refractivity contribution < 1.29 is 4.39 Å². The van der Waals surface area contributed by atoms with Gasteiger partial charge in [0.25, 0.3) is 0 Å². The molecule has 6 heteroatoms. The van der Waals surface area contributed by atoms with Crippen LogP contribution in [0.1, 0.15) is 34.7 Å². The number of hydrogen-bond donors (Lipinski definition) is 2. The van der Waals surface area contributed by atoms with E-state index in [0.29, 0.717) is 5.11 Å². The van der Waals surface area contributed by atoms with E-state index in [1.807, 2.05) is 30.0 Å². The highest BCUT2D eigenvalue weighted by Crippen LogP contribution is 2.42. The lowest BCUT2D eigenvalue weighted by Crippen LogP contribution is -2.29. The van der Waals surface area contributed by atoms with Gasteiger partial charge in [-0.1, -0.05) is 6.07 Å². The lowest BCUT2D eigenvalue weighted by molar-refractivity contribution is 0.565. The van der Waals surface area contributed by atoms with Gasteiger partial charge in [-0.25, -0.2) is 4.39 Å². The van der Waals surface area contributed by atoms with Crippen molar-refractivity contribution in [3.8, 4) is 0 Å². The molecule has 4 nitrogen and oxygen atoms in total. The van der Waals surface area contributed by atoms with Crippen molar-refractivity contribution in [1.82, 2.24) is 15.3 Å². The molecule has 0 unspecified atom stereocenters. The van der Waals surface area contributed by atoms with Gasteiger partial charge in [0.05, 0.1) is 17.8 Å². The molecule has 0 radical (unpaired) electrons. The molecule has 0 amide bonds. The maximum absolute atomic E-state index is 13.4. The second-order valence-corrected chi connectivity index (χ2v) is 6.89. The fourth-order valence-corrected chi connectivity index (χ4v) is 3.95. The number of rotatable bonds is 3. The number of aryl methyl sites for hydroxylation is 2. The second kappa shape index (κ2) is 6.53. The van der Waals surface area contributed by atoms with Crippen molar-refractivity contribution in [3.05, 3.63) is 83.2 Å². The van der Waals surface area contributed by atoms with E-state index in [2.05, 4.69) is 28.3 Å². The Morgan fingerprint density at radius 3 is 2.50 bits per heavy atom. The van der Waals surface area contributed by atoms with Crippen LogP contribution in [-0.4, -0.2) is 15.1 Å². The van der Waals surface area contributed by atoms with Crippen LogP contribution in [-0.2, 0) is 0 Å². The van der Waals surface area contributed by atoms with Gasteiger partial charge in [-0.2, -0.15) is 0 Å². The van der Waals surface area contributed by atoms with Crippen LogP contribution in [0.3, 0.4) is 0 Å². The van der Waals surface area contributed by atoms with Crippen LogP contribution in [0.25, 0.3) is 0 Å². The summed E-state index contributed by atoms with van der Waals surface area (Å²) in [7, 11) is 0. The zero-order valence-corrected chi connectivity index (χ0v) is 15.3. The molecule has 2 N–H and O–H groups in total. The number of nitrogens with zero attached hydrogens (tertiary/aromatic N) is 2. The van der Waals surface area contributed by atoms with Gasteiger partial charge in [0.1, 0.15) is 5.82 Å². The number of H-pyrrole nitrogens is 1. The lowest BCUT2D eigenvalue weighted by Gasteiger charge is -2.28. The van der Waals surface area contributed by atoms with Crippen LogP contribution in [0, 0.1) is 19.7 Å². The van der Waals surface area contributed by atoms with Gasteiger partial charge in [-0.3, -0.25) is 4.98 Å². The smallest absolute Gasteiger partial charge is 0.174 e. The van der Waals surface area contributed by atoms with Crippen LogP contribution in [0.15, 0.2) is 54.7 Å². The van der Waals surface area contributed by atoms with Crippen molar-refractivity contribution in [3.63, 3.8) is 0 Å². The third kappa shape index (κ3) is 2.86. The van der Waals surface area contributed by atoms with E-state index in [1.165, 1.54) is 12.1 Å². The van der Waals surface area contributed by atoms with E-state index in [0.717, 1.165) is 28.3 Å². The highest BCUT2D eigenvalue weighted by molar-refractivity contribution is 7.80. The number of aromatic amines is 1. The van der Waals surface area contributed by atoms with Crippen molar-refractivity contribution in [2.24, 2.45) is 0 Å². The predicted octanol–water partition coefficient (Wildman–Crippen LogP) is 4.34. The minimum absolute atomic E-state index is 0.0761. The van der Waals surface area contributed by atoms with E-state index < -0.39 is 0 Å². The maximum atomic E-state index is 13.4. The quantitative estimate of drug-likeness (QED) is 0.677. The molecule has 0 saturated carbocycles. The summed E-state index contributed by atoms with van der Waals surface area (Å²) in [6.07, 6.45) is 1.78. The Hall–Kier alpha value is -2.73. The summed E-state index contributed by atoms with van der Waals surface area (Å²) < 4.78 is 13.4. The number of aromatic nitrogens is 2. The molecule has 26 heavy (non-hydrogen) atoms. The molecule has 0 bridgehead atoms. The summed E-state index contributed by atoms with van der Waals surface area (Å²) in [5.41, 5.74) is 5.10. The SMILES string of the molecule is Cc1cc([C@@H]2[C@H](c3ccccn3)NC(=S)N2c2ccc(F)cc2)c(C)[nH]1. The van der Waals surface area contributed by atoms with E-state index in [1.54, 1.807) is 18.3 Å². The van der Waals surface area contributed by atoms with Gasteiger partial charge < -0.3 is 15.2 Å². The van der Waals surface area contributed by atoms with Gasteiger partial charge in [0, 0.05) is 23.3 Å². The Morgan fingerprint density at radius 2 is 1.88 bits per heavy atom. The Morgan fingerprint density at radius 1 is 1.12 bits per heavy atom. The third-order valence-corrected chi connectivity index (χ3v) is 5.03. The predicted molar refractivity (Wildman–Crippen MR) is 105 cm³/mol. The minimum Gasteiger partial charge on any atom is -0.362 e. The Labute approximate surface area is 157 Å². The van der Waals surface area contributed by atoms with Crippen LogP contribution >= 0.6 is 12.2 Å². The van der Waals surface area contributed by atoms with Crippen molar-refractivity contribution in [2.45, 2.75) is 25.9 Å². The summed E-state index contributed by atoms with van der Waals surface area (Å²) in [4.78, 5) is 9.95. The van der Waals surface area contributed by atoms with E-state index in [-0.39, 0.29) is 17.9 Å². The number of hydrogen-bond acceptors (Lipinski definition) is 2. The Kier molecular flexibility index (Phi) is 4.20. The number of anilines is 1. The summed E-state index contributed by atoms with van der Waals surface area (Å²) >= 11 is 5.64. The van der Waals surface area contributed by atoms with E-state index >= 15 is 0 Å². The first-order valence-corrected chi connectivity index (χ1v) is 8.88. The van der Waals surface area contributed by atoms with Gasteiger partial charge in [-0.15, -0.1) is 0 Å². The van der Waals surface area contributed by atoms with Crippen LogP contribution in [0.4, 0.5) is 10.1 Å². The zero-order chi connectivity index (χ0) is 18.3. The average Bonchev–Trinajstić information content (AvgIpc) is 3.15. The molecule has 4 rings (SSSR count). The molecule has 1 aliphatic rings. The van der Waals surface area contributed by atoms with Crippen LogP contribution in [0.5, 0.6) is 0 Å². The van der Waals surface area contributed by atoms with E-state index in [9.17, 15) is 4.39 Å². The van der Waals surface area contributed by atoms with Crippen molar-refractivity contribution >= 4 is 23.0 Å². The van der Waals surface area contributed by atoms with E-state index in [4.69, 9.17) is 12.2 Å². The first-order chi connectivity index (χ1) is 12.5. The summed E-state index contributed by atoms with van der Waals surface area (Å²) in [6.45, 7) is 4.09. The Bertz CT molecular complexity index is 936. The van der Waals surface area contributed by atoms with Crippen molar-refractivity contribution in [1.29, 1.82) is 0 Å². The summed E-state index contributed by atoms with van der Waals surface area (Å²) in [5, 5.41) is 4.01. The van der Waals surface area contributed by atoms with Gasteiger partial charge >= 0.3 is 0 Å². The summed E-state index contributed by atoms with van der Waals surface area (Å²) in [6, 6.07) is 14.3. The second-order valence-electron chi connectivity index (χ2n) is 6.51. The maximum Gasteiger partial charge on any atom is 0.174 e. The van der Waals surface area contributed by atoms with Gasteiger partial charge in [0.2, 0.25) is 0 Å². The molecule has 0 aliphatic carbocycles. The van der Waals surface area contributed by atoms with Gasteiger partial charge in [0.15, 0.2) is 5.11 Å². The van der Waals surface area contributed by atoms with Crippen LogP contribution < -0.4 is 10.2 Å². The fourth-order valence-electron chi connectivity index (χ4n) is 3.60. The molecule has 2 aromatic heterocycles. The van der Waals surface area contributed by atoms with Gasteiger partial charge in [-0.05, 0) is 74.1 Å². The first kappa shape index (κ1) is 16.7. The summed E-state index contributed by atoms with van der Waals surface area (Å²) in [5.74, 6) is -0.265. The Balaban J connectivity index is 1.85. The molecule has 1 aromatic carbocycles. The molecule has 2 atom stereocenters. The zero-order valence-electron chi connectivity index (χ0n) is 14.5. The molecular weight excluding hydrogens is 347 g/mol. The fraction of sp³-hybridized carbons (Fsp3) is 0.200. The standard InChI is InChI=1S/C20H19FN4S/c1-12-11-16(13(2)23-12)19-18(17-5-3-4-10-22-17)24-20(26)25(19)15-8-6-14(21)7-9-15/h3-11,18-19,23H,1-2H3,(H,24,26)/t18-,19+/m0/s1. The normalized spacial score (nSPS) is 19.7. The lowest BCUT2D eigenvalue weighted by atomic mass is 9.96. The molecular formula is C20H19FN4S. The van der Waals surface area contributed by atoms with Crippen LogP contribution in [0.2, 0.25) is 0 Å². The largest absolute Gasteiger partial charge is 0.362 e. The number of halogens is 1. The molecule has 1 fully saturated rings. The molecule has 1 aliphatic heterocycles. The number of pyridine rings is 1.